The van der Waals surface area contributed by atoms with E-state index in [0.717, 1.165) is 32.3 Å². The van der Waals surface area contributed by atoms with E-state index in [9.17, 15) is 14.4 Å². The number of hydrogen-bond donors (Lipinski definition) is 1. The lowest BCUT2D eigenvalue weighted by atomic mass is 10.1. The maximum Gasteiger partial charge on any atom is 0.293 e. The van der Waals surface area contributed by atoms with E-state index < -0.39 is 0 Å². The van der Waals surface area contributed by atoms with Crippen LogP contribution in [0.4, 0.5) is 4.79 Å². The zero-order valence-corrected chi connectivity index (χ0v) is 18.1. The van der Waals surface area contributed by atoms with Crippen LogP contribution in [0.2, 0.25) is 0 Å². The van der Waals surface area contributed by atoms with Gasteiger partial charge >= 0.3 is 0 Å². The molecule has 1 saturated heterocycles. The molecule has 2 aromatic rings. The molecule has 0 aliphatic carbocycles. The van der Waals surface area contributed by atoms with Gasteiger partial charge in [0.1, 0.15) is 5.75 Å². The molecular formula is C21H19BrN2O4S. The van der Waals surface area contributed by atoms with E-state index in [0.29, 0.717) is 10.7 Å². The number of imide groups is 1. The number of nitrogens with zero attached hydrogens (tertiary/aromatic N) is 1. The van der Waals surface area contributed by atoms with Crippen LogP contribution >= 0.6 is 27.7 Å². The van der Waals surface area contributed by atoms with Gasteiger partial charge in [0.05, 0.1) is 18.4 Å². The van der Waals surface area contributed by atoms with Gasteiger partial charge in [-0.2, -0.15) is 0 Å². The van der Waals surface area contributed by atoms with Crippen LogP contribution in [-0.4, -0.2) is 42.2 Å². The SMILES string of the molecule is COc1ccc(C=C2SC(=O)N(CCNC(=O)Cc3ccc(Br)cc3)C2=O)cc1. The van der Waals surface area contributed by atoms with Crippen LogP contribution in [0.5, 0.6) is 5.75 Å². The van der Waals surface area contributed by atoms with E-state index in [1.165, 1.54) is 0 Å². The first-order valence-corrected chi connectivity index (χ1v) is 10.5. The molecular weight excluding hydrogens is 456 g/mol. The third-order valence-corrected chi connectivity index (χ3v) is 5.66. The third-order valence-electron chi connectivity index (χ3n) is 4.22. The second kappa shape index (κ2) is 9.76. The minimum Gasteiger partial charge on any atom is -0.497 e. The summed E-state index contributed by atoms with van der Waals surface area (Å²) in [6, 6.07) is 14.7. The van der Waals surface area contributed by atoms with Gasteiger partial charge in [-0.05, 0) is 53.2 Å². The van der Waals surface area contributed by atoms with Crippen LogP contribution < -0.4 is 10.1 Å². The number of carbonyl (C=O) groups excluding carboxylic acids is 3. The molecule has 1 aliphatic heterocycles. The van der Waals surface area contributed by atoms with Gasteiger partial charge in [-0.25, -0.2) is 0 Å². The summed E-state index contributed by atoms with van der Waals surface area (Å²) in [7, 11) is 1.58. The number of methoxy groups -OCH3 is 1. The highest BCUT2D eigenvalue weighted by Crippen LogP contribution is 2.32. The Morgan fingerprint density at radius 3 is 2.48 bits per heavy atom. The topological polar surface area (TPSA) is 75.7 Å². The number of rotatable bonds is 7. The molecule has 0 unspecified atom stereocenters. The van der Waals surface area contributed by atoms with Crippen molar-refractivity contribution in [2.45, 2.75) is 6.42 Å². The van der Waals surface area contributed by atoms with Crippen LogP contribution in [0, 0.1) is 0 Å². The van der Waals surface area contributed by atoms with Crippen LogP contribution in [0.3, 0.4) is 0 Å². The van der Waals surface area contributed by atoms with E-state index in [4.69, 9.17) is 4.74 Å². The highest BCUT2D eigenvalue weighted by atomic mass is 79.9. The van der Waals surface area contributed by atoms with E-state index in [1.807, 2.05) is 36.4 Å². The van der Waals surface area contributed by atoms with Gasteiger partial charge in [0.15, 0.2) is 0 Å². The fourth-order valence-electron chi connectivity index (χ4n) is 2.70. The van der Waals surface area contributed by atoms with Crippen molar-refractivity contribution in [2.75, 3.05) is 20.2 Å². The smallest absolute Gasteiger partial charge is 0.293 e. The van der Waals surface area contributed by atoms with Crippen molar-refractivity contribution >= 4 is 50.8 Å². The molecule has 0 saturated carbocycles. The predicted octanol–water partition coefficient (Wildman–Crippen LogP) is 3.85. The van der Waals surface area contributed by atoms with Crippen molar-refractivity contribution in [1.82, 2.24) is 10.2 Å². The van der Waals surface area contributed by atoms with Crippen LogP contribution in [0.1, 0.15) is 11.1 Å². The molecule has 0 atom stereocenters. The Bertz CT molecular complexity index is 942. The summed E-state index contributed by atoms with van der Waals surface area (Å²) < 4.78 is 6.06. The Balaban J connectivity index is 1.52. The van der Waals surface area contributed by atoms with Crippen molar-refractivity contribution in [3.63, 3.8) is 0 Å². The number of hydrogen-bond acceptors (Lipinski definition) is 5. The zero-order chi connectivity index (χ0) is 20.8. The number of thioether (sulfide) groups is 1. The van der Waals surface area contributed by atoms with Crippen molar-refractivity contribution in [3.05, 3.63) is 69.0 Å². The lowest BCUT2D eigenvalue weighted by Gasteiger charge is -2.13. The van der Waals surface area contributed by atoms with Gasteiger partial charge in [0, 0.05) is 17.6 Å². The Morgan fingerprint density at radius 2 is 1.83 bits per heavy atom. The number of carbonyl (C=O) groups is 3. The van der Waals surface area contributed by atoms with Crippen LogP contribution in [-0.2, 0) is 16.0 Å². The fourth-order valence-corrected chi connectivity index (χ4v) is 3.83. The first-order chi connectivity index (χ1) is 14.0. The molecule has 1 heterocycles. The second-order valence-electron chi connectivity index (χ2n) is 6.26. The van der Waals surface area contributed by atoms with Gasteiger partial charge in [0.2, 0.25) is 5.91 Å². The molecule has 0 spiro atoms. The van der Waals surface area contributed by atoms with Gasteiger partial charge in [-0.15, -0.1) is 0 Å². The van der Waals surface area contributed by atoms with Crippen molar-refractivity contribution in [2.24, 2.45) is 0 Å². The summed E-state index contributed by atoms with van der Waals surface area (Å²) in [4.78, 5) is 38.3. The van der Waals surface area contributed by atoms with Gasteiger partial charge < -0.3 is 10.1 Å². The lowest BCUT2D eigenvalue weighted by molar-refractivity contribution is -0.124. The molecule has 0 radical (unpaired) electrons. The van der Waals surface area contributed by atoms with Crippen molar-refractivity contribution < 1.29 is 19.1 Å². The summed E-state index contributed by atoms with van der Waals surface area (Å²) in [6.45, 7) is 0.347. The van der Waals surface area contributed by atoms with E-state index in [2.05, 4.69) is 21.2 Å². The monoisotopic (exact) mass is 474 g/mol. The maximum absolute atomic E-state index is 12.5. The van der Waals surface area contributed by atoms with E-state index >= 15 is 0 Å². The normalized spacial score (nSPS) is 15.1. The average Bonchev–Trinajstić information content (AvgIpc) is 2.97. The first-order valence-electron chi connectivity index (χ1n) is 8.87. The molecule has 3 amide bonds. The van der Waals surface area contributed by atoms with Crippen molar-refractivity contribution in [3.8, 4) is 5.75 Å². The Hall–Kier alpha value is -2.58. The lowest BCUT2D eigenvalue weighted by Crippen LogP contribution is -2.37. The first kappa shape index (κ1) is 21.1. The predicted molar refractivity (Wildman–Crippen MR) is 117 cm³/mol. The van der Waals surface area contributed by atoms with Gasteiger partial charge in [0.25, 0.3) is 11.1 Å². The van der Waals surface area contributed by atoms with Gasteiger partial charge in [-0.1, -0.05) is 40.2 Å². The summed E-state index contributed by atoms with van der Waals surface area (Å²) in [5.41, 5.74) is 1.69. The number of amides is 3. The quantitative estimate of drug-likeness (QED) is 0.616. The summed E-state index contributed by atoms with van der Waals surface area (Å²) in [5, 5.41) is 2.42. The van der Waals surface area contributed by atoms with Crippen molar-refractivity contribution in [1.29, 1.82) is 0 Å². The second-order valence-corrected chi connectivity index (χ2v) is 8.17. The molecule has 1 aliphatic rings. The summed E-state index contributed by atoms with van der Waals surface area (Å²) in [6.07, 6.45) is 1.92. The van der Waals surface area contributed by atoms with Gasteiger partial charge in [-0.3, -0.25) is 19.3 Å². The number of nitrogens with one attached hydrogen (secondary N) is 1. The molecule has 2 aromatic carbocycles. The third kappa shape index (κ3) is 5.71. The highest BCUT2D eigenvalue weighted by Gasteiger charge is 2.34. The molecule has 1 fully saturated rings. The zero-order valence-electron chi connectivity index (χ0n) is 15.7. The number of ether oxygens (including phenoxy) is 1. The molecule has 0 aromatic heterocycles. The number of halogens is 1. The number of benzene rings is 2. The Kier molecular flexibility index (Phi) is 7.11. The minimum atomic E-state index is -0.349. The minimum absolute atomic E-state index is 0.136. The summed E-state index contributed by atoms with van der Waals surface area (Å²) in [5.74, 6) is 0.208. The highest BCUT2D eigenvalue weighted by molar-refractivity contribution is 9.10. The average molecular weight is 475 g/mol. The standard InChI is InChI=1S/C21H19BrN2O4S/c1-28-17-8-4-14(5-9-17)12-18-20(26)24(21(27)29-18)11-10-23-19(25)13-15-2-6-16(22)7-3-15/h2-9,12H,10-11,13H2,1H3,(H,23,25). The van der Waals surface area contributed by atoms with E-state index in [1.54, 1.807) is 25.3 Å². The molecule has 0 bridgehead atoms. The summed E-state index contributed by atoms with van der Waals surface area (Å²) >= 11 is 4.25. The molecule has 8 heteroatoms. The fraction of sp³-hybridized carbons (Fsp3) is 0.190. The molecule has 150 valence electrons. The molecule has 6 nitrogen and oxygen atoms in total. The molecule has 29 heavy (non-hydrogen) atoms. The largest absolute Gasteiger partial charge is 0.497 e. The molecule has 1 N–H and O–H groups in total. The maximum atomic E-state index is 12.5. The Morgan fingerprint density at radius 1 is 1.14 bits per heavy atom. The molecule has 3 rings (SSSR count). The van der Waals surface area contributed by atoms with Crippen LogP contribution in [0.25, 0.3) is 6.08 Å². The van der Waals surface area contributed by atoms with Crippen LogP contribution in [0.15, 0.2) is 57.9 Å². The van der Waals surface area contributed by atoms with E-state index in [-0.39, 0.29) is 36.6 Å². The Labute approximate surface area is 181 Å².